The Morgan fingerprint density at radius 2 is 2.18 bits per heavy atom. The molecule has 3 rings (SSSR count). The number of aryl methyl sites for hydroxylation is 1. The molecule has 1 N–H and O–H groups in total. The number of nitrogens with zero attached hydrogens (tertiary/aromatic N) is 3. The summed E-state index contributed by atoms with van der Waals surface area (Å²) < 4.78 is 1.84. The molecule has 1 fully saturated rings. The molecule has 0 atom stereocenters. The van der Waals surface area contributed by atoms with Crippen molar-refractivity contribution in [2.75, 3.05) is 11.9 Å². The molecular formula is C13H18N4. The van der Waals surface area contributed by atoms with Gasteiger partial charge in [-0.15, -0.1) is 5.10 Å². The van der Waals surface area contributed by atoms with Crippen LogP contribution in [0.3, 0.4) is 0 Å². The second-order valence-electron chi connectivity index (χ2n) is 4.98. The van der Waals surface area contributed by atoms with Gasteiger partial charge in [0, 0.05) is 12.7 Å². The fourth-order valence-electron chi connectivity index (χ4n) is 2.51. The first-order valence-corrected chi connectivity index (χ1v) is 6.38. The Labute approximate surface area is 101 Å². The number of anilines is 1. The van der Waals surface area contributed by atoms with Gasteiger partial charge in [0.1, 0.15) is 0 Å². The SMILES string of the molecule is Cc1ccc2nc(NCC3CCCC3)nn2c1. The van der Waals surface area contributed by atoms with Gasteiger partial charge < -0.3 is 5.32 Å². The summed E-state index contributed by atoms with van der Waals surface area (Å²) in [5.74, 6) is 1.56. The minimum absolute atomic E-state index is 0.752. The van der Waals surface area contributed by atoms with Crippen LogP contribution in [0.25, 0.3) is 5.65 Å². The van der Waals surface area contributed by atoms with Crippen LogP contribution >= 0.6 is 0 Å². The summed E-state index contributed by atoms with van der Waals surface area (Å²) in [5.41, 5.74) is 2.11. The van der Waals surface area contributed by atoms with E-state index >= 15 is 0 Å². The van der Waals surface area contributed by atoms with Gasteiger partial charge in [0.05, 0.1) is 0 Å². The summed E-state index contributed by atoms with van der Waals surface area (Å²) in [6.07, 6.45) is 7.45. The Kier molecular flexibility index (Phi) is 2.71. The monoisotopic (exact) mass is 230 g/mol. The van der Waals surface area contributed by atoms with Crippen LogP contribution in [-0.2, 0) is 0 Å². The lowest BCUT2D eigenvalue weighted by Crippen LogP contribution is -2.11. The third kappa shape index (κ3) is 2.25. The van der Waals surface area contributed by atoms with Crippen molar-refractivity contribution in [2.45, 2.75) is 32.6 Å². The predicted molar refractivity (Wildman–Crippen MR) is 68.2 cm³/mol. The number of nitrogens with one attached hydrogen (secondary N) is 1. The molecule has 0 radical (unpaired) electrons. The molecule has 0 aliphatic heterocycles. The molecule has 1 aliphatic carbocycles. The standard InChI is InChI=1S/C13H18N4/c1-10-6-7-12-15-13(16-17(12)9-10)14-8-11-4-2-3-5-11/h6-7,9,11H,2-5,8H2,1H3,(H,14,16). The van der Waals surface area contributed by atoms with Gasteiger partial charge in [0.25, 0.3) is 0 Å². The Hall–Kier alpha value is -1.58. The van der Waals surface area contributed by atoms with Crippen molar-refractivity contribution in [3.63, 3.8) is 0 Å². The zero-order chi connectivity index (χ0) is 11.7. The highest BCUT2D eigenvalue weighted by Crippen LogP contribution is 2.24. The van der Waals surface area contributed by atoms with Gasteiger partial charge in [-0.05, 0) is 37.3 Å². The number of hydrogen-bond donors (Lipinski definition) is 1. The van der Waals surface area contributed by atoms with Crippen LogP contribution in [-0.4, -0.2) is 21.1 Å². The van der Waals surface area contributed by atoms with E-state index in [-0.39, 0.29) is 0 Å². The summed E-state index contributed by atoms with van der Waals surface area (Å²) in [6.45, 7) is 3.07. The maximum atomic E-state index is 4.46. The van der Waals surface area contributed by atoms with Gasteiger partial charge >= 0.3 is 0 Å². The molecule has 90 valence electrons. The minimum Gasteiger partial charge on any atom is -0.353 e. The van der Waals surface area contributed by atoms with Gasteiger partial charge in [-0.2, -0.15) is 4.98 Å². The molecule has 0 unspecified atom stereocenters. The van der Waals surface area contributed by atoms with Crippen LogP contribution in [0.4, 0.5) is 5.95 Å². The van der Waals surface area contributed by atoms with E-state index in [0.29, 0.717) is 0 Å². The zero-order valence-electron chi connectivity index (χ0n) is 10.2. The fraction of sp³-hybridized carbons (Fsp3) is 0.538. The van der Waals surface area contributed by atoms with E-state index in [0.717, 1.165) is 24.1 Å². The number of pyridine rings is 1. The topological polar surface area (TPSA) is 42.2 Å². The van der Waals surface area contributed by atoms with E-state index in [1.165, 1.54) is 31.2 Å². The largest absolute Gasteiger partial charge is 0.353 e. The average Bonchev–Trinajstić information content (AvgIpc) is 2.94. The Morgan fingerprint density at radius 1 is 1.35 bits per heavy atom. The molecule has 4 nitrogen and oxygen atoms in total. The fourth-order valence-corrected chi connectivity index (χ4v) is 2.51. The van der Waals surface area contributed by atoms with Gasteiger partial charge in [0.15, 0.2) is 5.65 Å². The number of fused-ring (bicyclic) bond motifs is 1. The highest BCUT2D eigenvalue weighted by Gasteiger charge is 2.15. The highest BCUT2D eigenvalue weighted by atomic mass is 15.3. The quantitative estimate of drug-likeness (QED) is 0.881. The Morgan fingerprint density at radius 3 is 3.00 bits per heavy atom. The van der Waals surface area contributed by atoms with Gasteiger partial charge in [0.2, 0.25) is 5.95 Å². The Balaban J connectivity index is 1.72. The van der Waals surface area contributed by atoms with Crippen molar-refractivity contribution < 1.29 is 0 Å². The zero-order valence-corrected chi connectivity index (χ0v) is 10.2. The Bertz CT molecular complexity index is 511. The molecular weight excluding hydrogens is 212 g/mol. The summed E-state index contributed by atoms with van der Waals surface area (Å²) >= 11 is 0. The molecule has 1 saturated carbocycles. The van der Waals surface area contributed by atoms with E-state index in [2.05, 4.69) is 28.4 Å². The third-order valence-electron chi connectivity index (χ3n) is 3.50. The van der Waals surface area contributed by atoms with E-state index in [9.17, 15) is 0 Å². The summed E-state index contributed by atoms with van der Waals surface area (Å²) in [7, 11) is 0. The maximum Gasteiger partial charge on any atom is 0.243 e. The van der Waals surface area contributed by atoms with E-state index in [1.807, 2.05) is 16.8 Å². The van der Waals surface area contributed by atoms with Crippen molar-refractivity contribution in [3.05, 3.63) is 23.9 Å². The highest BCUT2D eigenvalue weighted by molar-refractivity contribution is 5.44. The summed E-state index contributed by atoms with van der Waals surface area (Å²) in [4.78, 5) is 4.46. The van der Waals surface area contributed by atoms with Gasteiger partial charge in [-0.25, -0.2) is 4.52 Å². The molecule has 0 saturated heterocycles. The molecule has 4 heteroatoms. The normalized spacial score (nSPS) is 16.8. The second kappa shape index (κ2) is 4.35. The first kappa shape index (κ1) is 10.6. The lowest BCUT2D eigenvalue weighted by Gasteiger charge is -2.07. The smallest absolute Gasteiger partial charge is 0.243 e. The molecule has 0 amide bonds. The molecule has 0 spiro atoms. The molecule has 0 bridgehead atoms. The average molecular weight is 230 g/mol. The first-order valence-electron chi connectivity index (χ1n) is 6.38. The molecule has 2 heterocycles. The second-order valence-corrected chi connectivity index (χ2v) is 4.98. The molecule has 17 heavy (non-hydrogen) atoms. The lowest BCUT2D eigenvalue weighted by atomic mass is 10.1. The van der Waals surface area contributed by atoms with Gasteiger partial charge in [-0.1, -0.05) is 18.9 Å². The van der Waals surface area contributed by atoms with E-state index in [4.69, 9.17) is 0 Å². The van der Waals surface area contributed by atoms with Crippen molar-refractivity contribution in [1.82, 2.24) is 14.6 Å². The van der Waals surface area contributed by atoms with Crippen LogP contribution < -0.4 is 5.32 Å². The predicted octanol–water partition coefficient (Wildman–Crippen LogP) is 2.64. The minimum atomic E-state index is 0.752. The maximum absolute atomic E-state index is 4.46. The van der Waals surface area contributed by atoms with E-state index < -0.39 is 0 Å². The van der Waals surface area contributed by atoms with Crippen molar-refractivity contribution in [2.24, 2.45) is 5.92 Å². The summed E-state index contributed by atoms with van der Waals surface area (Å²) in [6, 6.07) is 4.06. The first-order chi connectivity index (χ1) is 8.31. The van der Waals surface area contributed by atoms with Crippen molar-refractivity contribution in [1.29, 1.82) is 0 Å². The number of hydrogen-bond acceptors (Lipinski definition) is 3. The molecule has 2 aromatic heterocycles. The van der Waals surface area contributed by atoms with Crippen molar-refractivity contribution in [3.8, 4) is 0 Å². The summed E-state index contributed by atoms with van der Waals surface area (Å²) in [5, 5.41) is 7.78. The molecule has 1 aliphatic rings. The van der Waals surface area contributed by atoms with Crippen molar-refractivity contribution >= 4 is 11.6 Å². The van der Waals surface area contributed by atoms with Crippen LogP contribution in [0.1, 0.15) is 31.2 Å². The molecule has 2 aromatic rings. The van der Waals surface area contributed by atoms with Crippen LogP contribution in [0.15, 0.2) is 18.3 Å². The number of aromatic nitrogens is 3. The lowest BCUT2D eigenvalue weighted by molar-refractivity contribution is 0.577. The molecule has 0 aromatic carbocycles. The van der Waals surface area contributed by atoms with Crippen LogP contribution in [0, 0.1) is 12.8 Å². The third-order valence-corrected chi connectivity index (χ3v) is 3.50. The van der Waals surface area contributed by atoms with Crippen LogP contribution in [0.2, 0.25) is 0 Å². The van der Waals surface area contributed by atoms with Crippen LogP contribution in [0.5, 0.6) is 0 Å². The van der Waals surface area contributed by atoms with Gasteiger partial charge in [-0.3, -0.25) is 0 Å². The number of rotatable bonds is 3. The van der Waals surface area contributed by atoms with E-state index in [1.54, 1.807) is 0 Å².